The molecule has 1 heterocycles. The molecule has 2 aromatic rings. The van der Waals surface area contributed by atoms with E-state index in [1.807, 2.05) is 0 Å². The van der Waals surface area contributed by atoms with Crippen molar-refractivity contribution >= 4 is 39.1 Å². The number of halogens is 4. The summed E-state index contributed by atoms with van der Waals surface area (Å²) in [6.07, 6.45) is 1.26. The minimum absolute atomic E-state index is 0.0357. The fourth-order valence-electron chi connectivity index (χ4n) is 1.40. The molecule has 0 radical (unpaired) electrons. The average molecular weight is 352 g/mol. The highest BCUT2D eigenvalue weighted by Crippen LogP contribution is 2.17. The molecule has 7 heteroatoms. The number of hydrogen-bond acceptors (Lipinski definition) is 2. The monoisotopic (exact) mass is 350 g/mol. The highest BCUT2D eigenvalue weighted by Gasteiger charge is 2.09. The Morgan fingerprint density at radius 3 is 2.83 bits per heavy atom. The Hall–Kier alpha value is -0.910. The second kappa shape index (κ2) is 5.38. The Morgan fingerprint density at radius 1 is 1.39 bits per heavy atom. The molecule has 0 atom stereocenters. The minimum Gasteiger partial charge on any atom is -0.294 e. The lowest BCUT2D eigenvalue weighted by Gasteiger charge is -2.07. The summed E-state index contributed by atoms with van der Waals surface area (Å²) in [5.74, 6) is -0.433. The number of aromatic nitrogens is 2. The van der Waals surface area contributed by atoms with Gasteiger partial charge < -0.3 is 0 Å². The van der Waals surface area contributed by atoms with Gasteiger partial charge in [0.1, 0.15) is 10.3 Å². The van der Waals surface area contributed by atoms with Crippen molar-refractivity contribution in [2.45, 2.75) is 6.54 Å². The van der Waals surface area contributed by atoms with Gasteiger partial charge in [0.2, 0.25) is 0 Å². The smallest absolute Gasteiger partial charge is 0.269 e. The number of nitrogens with zero attached hydrogens (tertiary/aromatic N) is 2. The summed E-state index contributed by atoms with van der Waals surface area (Å²) in [6.45, 7) is 0.0357. The maximum atomic E-state index is 13.5. The molecule has 0 bridgehead atoms. The van der Waals surface area contributed by atoms with E-state index in [0.29, 0.717) is 10.6 Å². The van der Waals surface area contributed by atoms with Gasteiger partial charge in [0.15, 0.2) is 5.15 Å². The lowest BCUT2D eigenvalue weighted by Crippen LogP contribution is -2.22. The van der Waals surface area contributed by atoms with Crippen LogP contribution >= 0.6 is 39.1 Å². The first-order valence-electron chi connectivity index (χ1n) is 4.83. The van der Waals surface area contributed by atoms with Crippen LogP contribution < -0.4 is 5.56 Å². The SMILES string of the molecule is O=c1c(Br)c(Cl)ncn1Cc1cc(Cl)ccc1F. The van der Waals surface area contributed by atoms with Crippen molar-refractivity contribution in [3.05, 3.63) is 60.9 Å². The van der Waals surface area contributed by atoms with Gasteiger partial charge in [-0.3, -0.25) is 9.36 Å². The predicted octanol–water partition coefficient (Wildman–Crippen LogP) is 3.50. The third kappa shape index (κ3) is 2.74. The van der Waals surface area contributed by atoms with Crippen LogP contribution in [0.25, 0.3) is 0 Å². The van der Waals surface area contributed by atoms with Crippen molar-refractivity contribution in [1.29, 1.82) is 0 Å². The summed E-state index contributed by atoms with van der Waals surface area (Å²) in [7, 11) is 0. The first kappa shape index (κ1) is 13.5. The molecule has 0 aliphatic rings. The first-order chi connectivity index (χ1) is 8.49. The number of hydrogen-bond donors (Lipinski definition) is 0. The molecule has 1 aromatic heterocycles. The summed E-state index contributed by atoms with van der Waals surface area (Å²) < 4.78 is 14.9. The molecular formula is C11H6BrCl2FN2O. The second-order valence-electron chi connectivity index (χ2n) is 3.52. The van der Waals surface area contributed by atoms with Crippen molar-refractivity contribution in [2.75, 3.05) is 0 Å². The zero-order valence-electron chi connectivity index (χ0n) is 8.83. The van der Waals surface area contributed by atoms with Crippen molar-refractivity contribution < 1.29 is 4.39 Å². The van der Waals surface area contributed by atoms with Gasteiger partial charge in [0.25, 0.3) is 5.56 Å². The Labute approximate surface area is 120 Å². The van der Waals surface area contributed by atoms with E-state index in [1.54, 1.807) is 0 Å². The van der Waals surface area contributed by atoms with Crippen LogP contribution in [0.1, 0.15) is 5.56 Å². The second-order valence-corrected chi connectivity index (χ2v) is 5.11. The van der Waals surface area contributed by atoms with Gasteiger partial charge in [0, 0.05) is 10.6 Å². The predicted molar refractivity (Wildman–Crippen MR) is 71.7 cm³/mol. The van der Waals surface area contributed by atoms with E-state index in [9.17, 15) is 9.18 Å². The third-order valence-corrected chi connectivity index (χ3v) is 3.75. The fraction of sp³-hybridized carbons (Fsp3) is 0.0909. The summed E-state index contributed by atoms with van der Waals surface area (Å²) >= 11 is 14.5. The molecule has 1 aromatic carbocycles. The van der Waals surface area contributed by atoms with Crippen LogP contribution in [0.3, 0.4) is 0 Å². The van der Waals surface area contributed by atoms with Crippen LogP contribution in [0, 0.1) is 5.82 Å². The molecule has 0 amide bonds. The Kier molecular flexibility index (Phi) is 4.04. The minimum atomic E-state index is -0.433. The molecule has 0 aliphatic carbocycles. The molecule has 18 heavy (non-hydrogen) atoms. The van der Waals surface area contributed by atoms with Gasteiger partial charge in [0.05, 0.1) is 12.9 Å². The summed E-state index contributed by atoms with van der Waals surface area (Å²) in [5, 5.41) is 0.475. The van der Waals surface area contributed by atoms with Crippen molar-refractivity contribution in [3.63, 3.8) is 0 Å². The van der Waals surface area contributed by atoms with Crippen LogP contribution in [-0.2, 0) is 6.54 Å². The van der Waals surface area contributed by atoms with Crippen LogP contribution in [0.2, 0.25) is 10.2 Å². The van der Waals surface area contributed by atoms with Crippen LogP contribution in [-0.4, -0.2) is 9.55 Å². The maximum Gasteiger partial charge on any atom is 0.269 e. The van der Waals surface area contributed by atoms with E-state index < -0.39 is 5.82 Å². The summed E-state index contributed by atoms with van der Waals surface area (Å²) in [6, 6.07) is 4.16. The lowest BCUT2D eigenvalue weighted by molar-refractivity contribution is 0.593. The van der Waals surface area contributed by atoms with Gasteiger partial charge >= 0.3 is 0 Å². The van der Waals surface area contributed by atoms with Crippen LogP contribution in [0.4, 0.5) is 4.39 Å². The first-order valence-corrected chi connectivity index (χ1v) is 6.38. The Balaban J connectivity index is 2.44. The zero-order chi connectivity index (χ0) is 13.3. The van der Waals surface area contributed by atoms with E-state index in [2.05, 4.69) is 20.9 Å². The molecule has 0 unspecified atom stereocenters. The zero-order valence-corrected chi connectivity index (χ0v) is 11.9. The van der Waals surface area contributed by atoms with E-state index >= 15 is 0 Å². The third-order valence-electron chi connectivity index (χ3n) is 2.29. The van der Waals surface area contributed by atoms with Gasteiger partial charge in [-0.05, 0) is 34.1 Å². The molecular weight excluding hydrogens is 346 g/mol. The van der Waals surface area contributed by atoms with Gasteiger partial charge in [-0.15, -0.1) is 0 Å². The topological polar surface area (TPSA) is 34.9 Å². The van der Waals surface area contributed by atoms with Crippen molar-refractivity contribution in [1.82, 2.24) is 9.55 Å². The standard InChI is InChI=1S/C11H6BrCl2FN2O/c12-9-10(14)16-5-17(11(9)18)4-6-3-7(13)1-2-8(6)15/h1-3,5H,4H2. The molecule has 0 saturated carbocycles. The molecule has 3 nitrogen and oxygen atoms in total. The highest BCUT2D eigenvalue weighted by molar-refractivity contribution is 9.10. The van der Waals surface area contributed by atoms with E-state index in [1.165, 1.54) is 29.1 Å². The van der Waals surface area contributed by atoms with Crippen molar-refractivity contribution in [3.8, 4) is 0 Å². The van der Waals surface area contributed by atoms with E-state index in [-0.39, 0.29) is 21.7 Å². The average Bonchev–Trinajstić information content (AvgIpc) is 2.34. The highest BCUT2D eigenvalue weighted by atomic mass is 79.9. The van der Waals surface area contributed by atoms with Gasteiger partial charge in [-0.25, -0.2) is 9.37 Å². The molecule has 0 saturated heterocycles. The summed E-state index contributed by atoms with van der Waals surface area (Å²) in [4.78, 5) is 15.6. The van der Waals surface area contributed by atoms with E-state index in [4.69, 9.17) is 23.2 Å². The van der Waals surface area contributed by atoms with Crippen LogP contribution in [0.15, 0.2) is 33.8 Å². The normalized spacial score (nSPS) is 10.7. The van der Waals surface area contributed by atoms with Crippen molar-refractivity contribution in [2.24, 2.45) is 0 Å². The molecule has 0 aliphatic heterocycles. The lowest BCUT2D eigenvalue weighted by atomic mass is 10.2. The quantitative estimate of drug-likeness (QED) is 0.776. The van der Waals surface area contributed by atoms with Gasteiger partial charge in [-0.2, -0.15) is 0 Å². The maximum absolute atomic E-state index is 13.5. The Morgan fingerprint density at radius 2 is 2.11 bits per heavy atom. The number of rotatable bonds is 2. The number of benzene rings is 1. The molecule has 2 rings (SSSR count). The molecule has 0 N–H and O–H groups in total. The Bertz CT molecular complexity index is 660. The molecule has 0 spiro atoms. The van der Waals surface area contributed by atoms with E-state index in [0.717, 1.165) is 0 Å². The molecule has 94 valence electrons. The summed E-state index contributed by atoms with van der Waals surface area (Å²) in [5.41, 5.74) is -0.0741. The van der Waals surface area contributed by atoms with Crippen LogP contribution in [0.5, 0.6) is 0 Å². The van der Waals surface area contributed by atoms with Gasteiger partial charge in [-0.1, -0.05) is 23.2 Å². The largest absolute Gasteiger partial charge is 0.294 e. The molecule has 0 fully saturated rings. The fourth-order valence-corrected chi connectivity index (χ4v) is 2.05.